The largest absolute Gasteiger partial charge is 0.495 e. The molecule has 8 nitrogen and oxygen atoms in total. The van der Waals surface area contributed by atoms with Crippen LogP contribution >= 0.6 is 0 Å². The van der Waals surface area contributed by atoms with Crippen molar-refractivity contribution in [2.24, 2.45) is 0 Å². The number of carbonyl (C=O) groups is 1. The van der Waals surface area contributed by atoms with Gasteiger partial charge in [0.2, 0.25) is 0 Å². The molecule has 1 unspecified atom stereocenters. The Labute approximate surface area is 205 Å². The van der Waals surface area contributed by atoms with Crippen LogP contribution in [0.25, 0.3) is 11.1 Å². The van der Waals surface area contributed by atoms with Crippen LogP contribution in [0.2, 0.25) is 0 Å². The SMILES string of the molecule is COc1cncc(-c2ccc3c(c2)N(S(=O)(=O)c2cccc(C(F)(F)F)c2)CC(CCC(=O)O)O3)c1. The predicted molar refractivity (Wildman–Crippen MR) is 123 cm³/mol. The quantitative estimate of drug-likeness (QED) is 0.484. The number of fused-ring (bicyclic) bond motifs is 1. The number of alkyl halides is 3. The molecular weight excluding hydrogens is 501 g/mol. The molecule has 0 saturated carbocycles. The van der Waals surface area contributed by atoms with Gasteiger partial charge in [-0.2, -0.15) is 13.2 Å². The molecule has 0 amide bonds. The highest BCUT2D eigenvalue weighted by Gasteiger charge is 2.37. The number of methoxy groups -OCH3 is 1. The van der Waals surface area contributed by atoms with E-state index in [1.54, 1.807) is 18.3 Å². The van der Waals surface area contributed by atoms with E-state index in [4.69, 9.17) is 14.6 Å². The minimum Gasteiger partial charge on any atom is -0.495 e. The van der Waals surface area contributed by atoms with Gasteiger partial charge in [0.25, 0.3) is 10.0 Å². The lowest BCUT2D eigenvalue weighted by Crippen LogP contribution is -2.43. The number of anilines is 1. The van der Waals surface area contributed by atoms with Gasteiger partial charge in [-0.25, -0.2) is 8.42 Å². The minimum absolute atomic E-state index is 0.00490. The van der Waals surface area contributed by atoms with Gasteiger partial charge in [0.05, 0.1) is 36.0 Å². The van der Waals surface area contributed by atoms with Crippen LogP contribution in [0.1, 0.15) is 18.4 Å². The van der Waals surface area contributed by atoms with Crippen molar-refractivity contribution in [2.75, 3.05) is 18.0 Å². The second kappa shape index (κ2) is 9.69. The van der Waals surface area contributed by atoms with Gasteiger partial charge < -0.3 is 14.6 Å². The van der Waals surface area contributed by atoms with Crippen molar-refractivity contribution in [3.8, 4) is 22.6 Å². The van der Waals surface area contributed by atoms with E-state index in [1.165, 1.54) is 25.4 Å². The van der Waals surface area contributed by atoms with Gasteiger partial charge in [-0.05, 0) is 48.4 Å². The molecular formula is C24H21F3N2O6S. The van der Waals surface area contributed by atoms with E-state index in [9.17, 15) is 26.4 Å². The van der Waals surface area contributed by atoms with Crippen molar-refractivity contribution in [2.45, 2.75) is 30.0 Å². The Kier molecular flexibility index (Phi) is 6.81. The van der Waals surface area contributed by atoms with Crippen LogP contribution in [0, 0.1) is 0 Å². The number of ether oxygens (including phenoxy) is 2. The Balaban J connectivity index is 1.81. The van der Waals surface area contributed by atoms with E-state index in [0.717, 1.165) is 22.5 Å². The number of halogens is 3. The third-order valence-corrected chi connectivity index (χ3v) is 7.38. The fraction of sp³-hybridized carbons (Fsp3) is 0.250. The highest BCUT2D eigenvalue weighted by Crippen LogP contribution is 2.41. The van der Waals surface area contributed by atoms with Crippen LogP contribution < -0.4 is 13.8 Å². The zero-order chi connectivity index (χ0) is 26.1. The first-order chi connectivity index (χ1) is 17.0. The lowest BCUT2D eigenvalue weighted by molar-refractivity contribution is -0.138. The van der Waals surface area contributed by atoms with Crippen LogP contribution in [0.15, 0.2) is 65.8 Å². The predicted octanol–water partition coefficient (Wildman–Crippen LogP) is 4.60. The standard InChI is InChI=1S/C24H21F3N2O6S/c1-34-19-9-16(12-28-13-19)15-5-7-22-21(10-15)29(14-18(35-22)6-8-23(30)31)36(32,33)20-4-2-3-17(11-20)24(25,26)27/h2-5,7,9-13,18H,6,8,14H2,1H3,(H,30,31). The number of aromatic nitrogens is 1. The van der Waals surface area contributed by atoms with E-state index >= 15 is 0 Å². The lowest BCUT2D eigenvalue weighted by Gasteiger charge is -2.35. The summed E-state index contributed by atoms with van der Waals surface area (Å²) < 4.78 is 79.1. The molecule has 0 aliphatic carbocycles. The van der Waals surface area contributed by atoms with Gasteiger partial charge in [-0.15, -0.1) is 0 Å². The molecule has 4 rings (SSSR count). The van der Waals surface area contributed by atoms with E-state index in [1.807, 2.05) is 0 Å². The summed E-state index contributed by atoms with van der Waals surface area (Å²) in [5, 5.41) is 9.05. The second-order valence-electron chi connectivity index (χ2n) is 8.03. The van der Waals surface area contributed by atoms with Gasteiger partial charge >= 0.3 is 12.1 Å². The number of benzene rings is 2. The smallest absolute Gasteiger partial charge is 0.416 e. The zero-order valence-corrected chi connectivity index (χ0v) is 19.7. The molecule has 0 spiro atoms. The lowest BCUT2D eigenvalue weighted by atomic mass is 10.0. The maximum atomic E-state index is 13.6. The Bertz CT molecular complexity index is 1390. The molecule has 190 valence electrons. The molecule has 1 aliphatic heterocycles. The van der Waals surface area contributed by atoms with Crippen LogP contribution in [0.3, 0.4) is 0 Å². The van der Waals surface area contributed by atoms with Crippen molar-refractivity contribution < 1.29 is 41.0 Å². The summed E-state index contributed by atoms with van der Waals surface area (Å²) >= 11 is 0. The van der Waals surface area contributed by atoms with Crippen molar-refractivity contribution in [3.63, 3.8) is 0 Å². The van der Waals surface area contributed by atoms with Gasteiger partial charge in [0.1, 0.15) is 17.6 Å². The normalized spacial score (nSPS) is 15.7. The highest BCUT2D eigenvalue weighted by molar-refractivity contribution is 7.92. The summed E-state index contributed by atoms with van der Waals surface area (Å²) in [4.78, 5) is 14.6. The van der Waals surface area contributed by atoms with E-state index in [-0.39, 0.29) is 30.8 Å². The first-order valence-corrected chi connectivity index (χ1v) is 12.1. The highest BCUT2D eigenvalue weighted by atomic mass is 32.2. The molecule has 1 aliphatic rings. The van der Waals surface area contributed by atoms with Crippen molar-refractivity contribution in [1.29, 1.82) is 0 Å². The zero-order valence-electron chi connectivity index (χ0n) is 18.9. The Morgan fingerprint density at radius 2 is 1.94 bits per heavy atom. The molecule has 0 saturated heterocycles. The molecule has 1 atom stereocenters. The monoisotopic (exact) mass is 522 g/mol. The van der Waals surface area contributed by atoms with Crippen LogP contribution in [0.5, 0.6) is 11.5 Å². The Hall–Kier alpha value is -3.80. The molecule has 2 aromatic carbocycles. The third kappa shape index (κ3) is 5.23. The van der Waals surface area contributed by atoms with E-state index in [2.05, 4.69) is 4.98 Å². The second-order valence-corrected chi connectivity index (χ2v) is 9.89. The van der Waals surface area contributed by atoms with Gasteiger partial charge in [-0.1, -0.05) is 12.1 Å². The minimum atomic E-state index is -4.73. The maximum absolute atomic E-state index is 13.6. The number of sulfonamides is 1. The number of hydrogen-bond donors (Lipinski definition) is 1. The van der Waals surface area contributed by atoms with Crippen molar-refractivity contribution >= 4 is 21.7 Å². The summed E-state index contributed by atoms with van der Waals surface area (Å²) in [6.07, 6.45) is -2.77. The summed E-state index contributed by atoms with van der Waals surface area (Å²) in [6.45, 7) is -0.279. The van der Waals surface area contributed by atoms with E-state index in [0.29, 0.717) is 22.9 Å². The molecule has 0 fully saturated rings. The molecule has 0 radical (unpaired) electrons. The van der Waals surface area contributed by atoms with E-state index < -0.39 is 38.7 Å². The van der Waals surface area contributed by atoms with Crippen LogP contribution in [-0.2, 0) is 21.0 Å². The number of carboxylic acids is 1. The average molecular weight is 523 g/mol. The summed E-state index contributed by atoms with van der Waals surface area (Å²) in [5.74, 6) is -0.451. The summed E-state index contributed by atoms with van der Waals surface area (Å²) in [5.41, 5.74) is 0.188. The molecule has 0 bridgehead atoms. The number of aliphatic carboxylic acids is 1. The molecule has 1 N–H and O–H groups in total. The number of carboxylic acid groups (broad SMARTS) is 1. The maximum Gasteiger partial charge on any atom is 0.416 e. The first-order valence-electron chi connectivity index (χ1n) is 10.7. The first kappa shape index (κ1) is 25.3. The van der Waals surface area contributed by atoms with Gasteiger partial charge in [0.15, 0.2) is 0 Å². The molecule has 3 aromatic rings. The molecule has 1 aromatic heterocycles. The number of hydrogen-bond acceptors (Lipinski definition) is 6. The number of pyridine rings is 1. The number of nitrogens with zero attached hydrogens (tertiary/aromatic N) is 2. The topological polar surface area (TPSA) is 106 Å². The van der Waals surface area contributed by atoms with Crippen LogP contribution in [-0.4, -0.2) is 44.2 Å². The fourth-order valence-corrected chi connectivity index (χ4v) is 5.35. The van der Waals surface area contributed by atoms with Gasteiger partial charge in [-0.3, -0.25) is 14.1 Å². The molecule has 36 heavy (non-hydrogen) atoms. The Morgan fingerprint density at radius 3 is 2.64 bits per heavy atom. The molecule has 12 heteroatoms. The van der Waals surface area contributed by atoms with Crippen molar-refractivity contribution in [1.82, 2.24) is 4.98 Å². The molecule has 2 heterocycles. The fourth-order valence-electron chi connectivity index (χ4n) is 3.80. The summed E-state index contributed by atoms with van der Waals surface area (Å²) in [7, 11) is -3.00. The number of rotatable bonds is 7. The van der Waals surface area contributed by atoms with Gasteiger partial charge in [0, 0.05) is 18.2 Å². The Morgan fingerprint density at radius 1 is 1.17 bits per heavy atom. The van der Waals surface area contributed by atoms with Crippen LogP contribution in [0.4, 0.5) is 18.9 Å². The average Bonchev–Trinajstić information content (AvgIpc) is 2.86. The third-order valence-electron chi connectivity index (χ3n) is 5.60. The summed E-state index contributed by atoms with van der Waals surface area (Å²) in [6, 6.07) is 9.90. The van der Waals surface area contributed by atoms with Crippen molar-refractivity contribution in [3.05, 3.63) is 66.5 Å².